The van der Waals surface area contributed by atoms with Gasteiger partial charge in [-0.15, -0.1) is 5.06 Å². The predicted molar refractivity (Wildman–Crippen MR) is 56.6 cm³/mol. The van der Waals surface area contributed by atoms with Crippen molar-refractivity contribution < 1.29 is 10.3 Å². The highest BCUT2D eigenvalue weighted by atomic mass is 16.5. The van der Waals surface area contributed by atoms with Crippen LogP contribution in [0.2, 0.25) is 0 Å². The molecule has 7 nitrogen and oxygen atoms in total. The summed E-state index contributed by atoms with van der Waals surface area (Å²) < 4.78 is 0. The van der Waals surface area contributed by atoms with Crippen LogP contribution in [0.3, 0.4) is 0 Å². The molecular formula is C9H17N5O2. The molecule has 16 heavy (non-hydrogen) atoms. The fourth-order valence-corrected chi connectivity index (χ4v) is 3.35. The van der Waals surface area contributed by atoms with Gasteiger partial charge in [-0.3, -0.25) is 10.3 Å². The standard InChI is InChI=1S/C9H17N5O2/c1-8(15)2-3-13-7(10)11-4-6-9(8,13)14(16)5-12-6/h6,12,15-16H,2-5H2,1H3,(H2,10,11)/t6?,8-,9?/m0/s1. The highest BCUT2D eigenvalue weighted by Crippen LogP contribution is 2.46. The van der Waals surface area contributed by atoms with Crippen molar-refractivity contribution in [2.24, 2.45) is 10.7 Å². The summed E-state index contributed by atoms with van der Waals surface area (Å²) in [6.07, 6.45) is 0.568. The molecule has 3 aliphatic rings. The molecule has 0 amide bonds. The summed E-state index contributed by atoms with van der Waals surface area (Å²) in [5, 5.41) is 25.0. The van der Waals surface area contributed by atoms with Gasteiger partial charge in [0.05, 0.1) is 19.3 Å². The third-order valence-corrected chi connectivity index (χ3v) is 4.11. The fraction of sp³-hybridized carbons (Fsp3) is 0.889. The Kier molecular flexibility index (Phi) is 1.84. The largest absolute Gasteiger partial charge is 0.386 e. The topological polar surface area (TPSA) is 97.3 Å². The van der Waals surface area contributed by atoms with Crippen LogP contribution < -0.4 is 11.1 Å². The molecule has 3 atom stereocenters. The first-order valence-electron chi connectivity index (χ1n) is 5.50. The van der Waals surface area contributed by atoms with Gasteiger partial charge in [-0.1, -0.05) is 0 Å². The maximum absolute atomic E-state index is 10.5. The molecule has 0 bridgehead atoms. The fourth-order valence-electron chi connectivity index (χ4n) is 3.35. The van der Waals surface area contributed by atoms with Gasteiger partial charge >= 0.3 is 0 Å². The Morgan fingerprint density at radius 1 is 1.62 bits per heavy atom. The molecule has 5 N–H and O–H groups in total. The molecule has 2 saturated heterocycles. The summed E-state index contributed by atoms with van der Waals surface area (Å²) >= 11 is 0. The molecule has 3 heterocycles. The van der Waals surface area contributed by atoms with Crippen molar-refractivity contribution in [2.75, 3.05) is 19.8 Å². The molecule has 0 aromatic rings. The molecule has 0 saturated carbocycles. The van der Waals surface area contributed by atoms with E-state index in [1.807, 2.05) is 0 Å². The number of hydrogen-bond donors (Lipinski definition) is 4. The van der Waals surface area contributed by atoms with Crippen LogP contribution in [0.15, 0.2) is 4.99 Å². The van der Waals surface area contributed by atoms with Crippen LogP contribution in [0, 0.1) is 0 Å². The van der Waals surface area contributed by atoms with E-state index in [0.29, 0.717) is 32.1 Å². The maximum atomic E-state index is 10.5. The third-order valence-electron chi connectivity index (χ3n) is 4.11. The molecule has 90 valence electrons. The molecule has 0 radical (unpaired) electrons. The lowest BCUT2D eigenvalue weighted by atomic mass is 9.83. The molecule has 0 aromatic carbocycles. The van der Waals surface area contributed by atoms with E-state index in [2.05, 4.69) is 10.3 Å². The van der Waals surface area contributed by atoms with Crippen molar-refractivity contribution in [3.8, 4) is 0 Å². The number of aliphatic hydroxyl groups is 1. The normalized spacial score (nSPS) is 47.8. The lowest BCUT2D eigenvalue weighted by Gasteiger charge is -2.50. The van der Waals surface area contributed by atoms with Crippen molar-refractivity contribution in [3.63, 3.8) is 0 Å². The van der Waals surface area contributed by atoms with Crippen molar-refractivity contribution in [2.45, 2.75) is 30.7 Å². The summed E-state index contributed by atoms with van der Waals surface area (Å²) in [5.41, 5.74) is 3.99. The number of nitrogens with two attached hydrogens (primary N) is 1. The lowest BCUT2D eigenvalue weighted by molar-refractivity contribution is -0.240. The van der Waals surface area contributed by atoms with E-state index in [1.165, 1.54) is 0 Å². The van der Waals surface area contributed by atoms with Crippen molar-refractivity contribution in [3.05, 3.63) is 0 Å². The second-order valence-corrected chi connectivity index (χ2v) is 4.91. The molecule has 0 aromatic heterocycles. The van der Waals surface area contributed by atoms with Crippen LogP contribution in [-0.4, -0.2) is 63.3 Å². The first-order valence-corrected chi connectivity index (χ1v) is 5.50. The van der Waals surface area contributed by atoms with E-state index in [1.54, 1.807) is 11.8 Å². The maximum Gasteiger partial charge on any atom is 0.193 e. The zero-order valence-corrected chi connectivity index (χ0v) is 9.22. The predicted octanol–water partition coefficient (Wildman–Crippen LogP) is -1.91. The molecular weight excluding hydrogens is 210 g/mol. The minimum atomic E-state index is -1.00. The van der Waals surface area contributed by atoms with Crippen LogP contribution >= 0.6 is 0 Å². The second-order valence-electron chi connectivity index (χ2n) is 4.91. The van der Waals surface area contributed by atoms with E-state index < -0.39 is 11.3 Å². The zero-order chi connectivity index (χ0) is 11.6. The number of hydroxylamine groups is 2. The van der Waals surface area contributed by atoms with Crippen molar-refractivity contribution in [1.29, 1.82) is 0 Å². The van der Waals surface area contributed by atoms with Gasteiger partial charge in [-0.05, 0) is 13.3 Å². The average molecular weight is 227 g/mol. The Balaban J connectivity index is 2.15. The summed E-state index contributed by atoms with van der Waals surface area (Å²) in [7, 11) is 0. The molecule has 1 spiro atoms. The molecule has 3 rings (SSSR count). The first-order chi connectivity index (χ1) is 7.50. The highest BCUT2D eigenvalue weighted by Gasteiger charge is 2.68. The van der Waals surface area contributed by atoms with Gasteiger partial charge in [-0.25, -0.2) is 0 Å². The number of guanidine groups is 1. The molecule has 3 aliphatic heterocycles. The number of aliphatic imine (C=N–C) groups is 1. The highest BCUT2D eigenvalue weighted by molar-refractivity contribution is 5.80. The molecule has 7 heteroatoms. The number of hydrogen-bond acceptors (Lipinski definition) is 7. The summed E-state index contributed by atoms with van der Waals surface area (Å²) in [4.78, 5) is 6.03. The van der Waals surface area contributed by atoms with Crippen LogP contribution in [0.4, 0.5) is 0 Å². The number of nitrogens with one attached hydrogen (secondary N) is 1. The zero-order valence-electron chi connectivity index (χ0n) is 9.22. The first kappa shape index (κ1) is 10.3. The number of nitrogens with zero attached hydrogens (tertiary/aromatic N) is 3. The Labute approximate surface area is 93.5 Å². The molecule has 2 fully saturated rings. The van der Waals surface area contributed by atoms with E-state index in [-0.39, 0.29) is 6.04 Å². The van der Waals surface area contributed by atoms with E-state index in [4.69, 9.17) is 5.73 Å². The van der Waals surface area contributed by atoms with Gasteiger partial charge in [0.15, 0.2) is 11.6 Å². The monoisotopic (exact) mass is 227 g/mol. The SMILES string of the molecule is C[C@]1(O)CCN2C(N)=NCC3NCN(O)C321. The van der Waals surface area contributed by atoms with Crippen LogP contribution in [-0.2, 0) is 0 Å². The lowest BCUT2D eigenvalue weighted by Crippen LogP contribution is -2.73. The Morgan fingerprint density at radius 3 is 3.12 bits per heavy atom. The minimum absolute atomic E-state index is 0.0951. The number of rotatable bonds is 0. The summed E-state index contributed by atoms with van der Waals surface area (Å²) in [5.74, 6) is 0.400. The van der Waals surface area contributed by atoms with Gasteiger partial charge in [0, 0.05) is 6.54 Å². The van der Waals surface area contributed by atoms with Gasteiger partial charge < -0.3 is 20.9 Å². The van der Waals surface area contributed by atoms with Crippen molar-refractivity contribution in [1.82, 2.24) is 15.3 Å². The van der Waals surface area contributed by atoms with Crippen LogP contribution in [0.1, 0.15) is 13.3 Å². The second kappa shape index (κ2) is 2.86. The molecule has 2 unspecified atom stereocenters. The molecule has 0 aliphatic carbocycles. The van der Waals surface area contributed by atoms with Crippen LogP contribution in [0.25, 0.3) is 0 Å². The quantitative estimate of drug-likeness (QED) is 0.385. The van der Waals surface area contributed by atoms with E-state index >= 15 is 0 Å². The summed E-state index contributed by atoms with van der Waals surface area (Å²) in [6.45, 7) is 3.15. The summed E-state index contributed by atoms with van der Waals surface area (Å²) in [6, 6.07) is -0.0951. The van der Waals surface area contributed by atoms with E-state index in [9.17, 15) is 10.3 Å². The Hall–Kier alpha value is -0.890. The van der Waals surface area contributed by atoms with E-state index in [0.717, 1.165) is 5.06 Å². The van der Waals surface area contributed by atoms with Gasteiger partial charge in [0.25, 0.3) is 0 Å². The Morgan fingerprint density at radius 2 is 2.38 bits per heavy atom. The van der Waals surface area contributed by atoms with Gasteiger partial charge in [0.2, 0.25) is 0 Å². The smallest absolute Gasteiger partial charge is 0.193 e. The minimum Gasteiger partial charge on any atom is -0.386 e. The third kappa shape index (κ3) is 0.904. The van der Waals surface area contributed by atoms with Crippen LogP contribution in [0.5, 0.6) is 0 Å². The van der Waals surface area contributed by atoms with Gasteiger partial charge in [-0.2, -0.15) is 0 Å². The van der Waals surface area contributed by atoms with Crippen molar-refractivity contribution >= 4 is 5.96 Å². The Bertz CT molecular complexity index is 358. The average Bonchev–Trinajstić information content (AvgIpc) is 2.70. The van der Waals surface area contributed by atoms with Gasteiger partial charge in [0.1, 0.15) is 5.60 Å².